The molecule has 7 heteroatoms. The molecule has 1 atom stereocenters. The summed E-state index contributed by atoms with van der Waals surface area (Å²) in [6.45, 7) is 2.17. The molecule has 0 aliphatic carbocycles. The van der Waals surface area contributed by atoms with E-state index in [9.17, 15) is 14.4 Å². The lowest BCUT2D eigenvalue weighted by Crippen LogP contribution is -2.54. The molecule has 26 heavy (non-hydrogen) atoms. The van der Waals surface area contributed by atoms with Gasteiger partial charge in [-0.25, -0.2) is 4.68 Å². The Labute approximate surface area is 150 Å². The van der Waals surface area contributed by atoms with Crippen molar-refractivity contribution in [2.45, 2.75) is 13.0 Å². The Morgan fingerprint density at radius 1 is 1.04 bits per heavy atom. The number of hydrogen-bond donors (Lipinski definition) is 0. The zero-order chi connectivity index (χ0) is 18.1. The predicted molar refractivity (Wildman–Crippen MR) is 95.5 cm³/mol. The van der Waals surface area contributed by atoms with E-state index in [0.717, 1.165) is 5.69 Å². The Morgan fingerprint density at radius 3 is 2.54 bits per heavy atom. The van der Waals surface area contributed by atoms with Crippen molar-refractivity contribution in [3.63, 3.8) is 0 Å². The Hall–Kier alpha value is -2.96. The van der Waals surface area contributed by atoms with E-state index in [0.29, 0.717) is 26.2 Å². The van der Waals surface area contributed by atoms with Crippen LogP contribution in [-0.4, -0.2) is 46.1 Å². The third kappa shape index (κ3) is 3.12. The summed E-state index contributed by atoms with van der Waals surface area (Å²) in [5, 5.41) is 4.05. The first kappa shape index (κ1) is 16.5. The van der Waals surface area contributed by atoms with E-state index in [2.05, 4.69) is 5.10 Å². The smallest absolute Gasteiger partial charge is 0.266 e. The average molecular weight is 352 g/mol. The van der Waals surface area contributed by atoms with Crippen LogP contribution in [0, 0.1) is 11.8 Å². The quantitative estimate of drug-likeness (QED) is 0.814. The first-order valence-corrected chi connectivity index (χ1v) is 8.78. The van der Waals surface area contributed by atoms with Crippen LogP contribution in [0.15, 0.2) is 53.5 Å². The van der Waals surface area contributed by atoms with Crippen LogP contribution in [0.2, 0.25) is 0 Å². The third-order valence-corrected chi connectivity index (χ3v) is 5.03. The number of carbonyl (C=O) groups is 2. The molecule has 1 unspecified atom stereocenters. The number of aromatic nitrogens is 2. The van der Waals surface area contributed by atoms with Gasteiger partial charge < -0.3 is 9.80 Å². The molecule has 2 aliphatic heterocycles. The molecule has 0 radical (unpaired) electrons. The first-order chi connectivity index (χ1) is 12.6. The number of likely N-dealkylation sites (tertiary alicyclic amines) is 1. The van der Waals surface area contributed by atoms with Crippen molar-refractivity contribution in [2.75, 3.05) is 24.5 Å². The number of carbonyl (C=O) groups excluding carboxylic acids is 2. The summed E-state index contributed by atoms with van der Waals surface area (Å²) in [6, 6.07) is 12.5. The van der Waals surface area contributed by atoms with Gasteiger partial charge in [-0.3, -0.25) is 14.4 Å². The lowest BCUT2D eigenvalue weighted by molar-refractivity contribution is -0.142. The van der Waals surface area contributed by atoms with Crippen LogP contribution in [0.4, 0.5) is 5.69 Å². The van der Waals surface area contributed by atoms with Crippen LogP contribution in [0.5, 0.6) is 0 Å². The molecule has 7 nitrogen and oxygen atoms in total. The lowest BCUT2D eigenvalue weighted by Gasteiger charge is -2.40. The molecule has 1 aromatic heterocycles. The number of para-hydroxylation sites is 1. The van der Waals surface area contributed by atoms with Crippen LogP contribution >= 0.6 is 0 Å². The largest absolute Gasteiger partial charge is 0.342 e. The predicted octanol–water partition coefficient (Wildman–Crippen LogP) is 0.755. The number of nitrogens with zero attached hydrogens (tertiary/aromatic N) is 4. The highest BCUT2D eigenvalue weighted by Gasteiger charge is 2.40. The minimum absolute atomic E-state index is 0.00772. The van der Waals surface area contributed by atoms with Crippen molar-refractivity contribution in [2.24, 2.45) is 11.8 Å². The summed E-state index contributed by atoms with van der Waals surface area (Å²) in [5.41, 5.74) is 0.709. The van der Waals surface area contributed by atoms with Crippen LogP contribution < -0.4 is 10.5 Å². The summed E-state index contributed by atoms with van der Waals surface area (Å²) in [6.07, 6.45) is 1.85. The Balaban J connectivity index is 1.33. The number of hydrogen-bond acceptors (Lipinski definition) is 4. The normalized spacial score (nSPS) is 20.3. The average Bonchev–Trinajstić information content (AvgIpc) is 3.01. The summed E-state index contributed by atoms with van der Waals surface area (Å²) >= 11 is 0. The summed E-state index contributed by atoms with van der Waals surface area (Å²) < 4.78 is 1.43. The second-order valence-electron chi connectivity index (χ2n) is 6.89. The van der Waals surface area contributed by atoms with Crippen LogP contribution in [0.25, 0.3) is 0 Å². The van der Waals surface area contributed by atoms with Gasteiger partial charge in [-0.05, 0) is 18.2 Å². The van der Waals surface area contributed by atoms with Gasteiger partial charge in [0.1, 0.15) is 0 Å². The van der Waals surface area contributed by atoms with Gasteiger partial charge in [-0.1, -0.05) is 18.2 Å². The molecule has 2 amide bonds. The zero-order valence-corrected chi connectivity index (χ0v) is 14.3. The third-order valence-electron chi connectivity index (χ3n) is 5.03. The minimum atomic E-state index is -0.291. The fourth-order valence-corrected chi connectivity index (χ4v) is 3.62. The SMILES string of the molecule is O=C(C1CC(=O)N(c2ccccc2)C1)N1CC(Cn2ncccc2=O)C1. The van der Waals surface area contributed by atoms with E-state index >= 15 is 0 Å². The Bertz CT molecular complexity index is 874. The van der Waals surface area contributed by atoms with E-state index in [1.165, 1.54) is 10.7 Å². The lowest BCUT2D eigenvalue weighted by atomic mass is 9.96. The fourth-order valence-electron chi connectivity index (χ4n) is 3.62. The summed E-state index contributed by atoms with van der Waals surface area (Å²) in [4.78, 5) is 40.1. The fraction of sp³-hybridized carbons (Fsp3) is 0.368. The Morgan fingerprint density at radius 2 is 1.81 bits per heavy atom. The van der Waals surface area contributed by atoms with Crippen molar-refractivity contribution in [1.29, 1.82) is 0 Å². The molecule has 3 heterocycles. The van der Waals surface area contributed by atoms with Gasteiger partial charge in [0.05, 0.1) is 12.5 Å². The Kier molecular flexibility index (Phi) is 4.28. The van der Waals surface area contributed by atoms with Gasteiger partial charge >= 0.3 is 0 Å². The van der Waals surface area contributed by atoms with Crippen molar-refractivity contribution in [1.82, 2.24) is 14.7 Å². The number of rotatable bonds is 4. The monoisotopic (exact) mass is 352 g/mol. The summed E-state index contributed by atoms with van der Waals surface area (Å²) in [5.74, 6) is -0.0387. The highest BCUT2D eigenvalue weighted by molar-refractivity contribution is 6.00. The molecular weight excluding hydrogens is 332 g/mol. The van der Waals surface area contributed by atoms with Gasteiger partial charge in [0.15, 0.2) is 0 Å². The first-order valence-electron chi connectivity index (χ1n) is 8.78. The van der Waals surface area contributed by atoms with Gasteiger partial charge in [0.2, 0.25) is 11.8 Å². The second-order valence-corrected chi connectivity index (χ2v) is 6.89. The highest BCUT2D eigenvalue weighted by Crippen LogP contribution is 2.28. The van der Waals surface area contributed by atoms with E-state index in [1.807, 2.05) is 30.3 Å². The maximum Gasteiger partial charge on any atom is 0.266 e. The van der Waals surface area contributed by atoms with E-state index in [1.54, 1.807) is 22.1 Å². The molecule has 0 spiro atoms. The zero-order valence-electron chi connectivity index (χ0n) is 14.3. The topological polar surface area (TPSA) is 75.5 Å². The van der Waals surface area contributed by atoms with Gasteiger partial charge in [0, 0.05) is 49.9 Å². The molecule has 0 saturated carbocycles. The molecule has 2 aromatic rings. The number of benzene rings is 1. The van der Waals surface area contributed by atoms with Crippen LogP contribution in [0.3, 0.4) is 0 Å². The maximum absolute atomic E-state index is 12.7. The molecule has 0 bridgehead atoms. The van der Waals surface area contributed by atoms with Crippen molar-refractivity contribution < 1.29 is 9.59 Å². The van der Waals surface area contributed by atoms with Crippen LogP contribution in [0.1, 0.15) is 6.42 Å². The maximum atomic E-state index is 12.7. The molecule has 2 saturated heterocycles. The van der Waals surface area contributed by atoms with Crippen molar-refractivity contribution >= 4 is 17.5 Å². The van der Waals surface area contributed by atoms with Crippen molar-refractivity contribution in [3.8, 4) is 0 Å². The molecule has 4 rings (SSSR count). The van der Waals surface area contributed by atoms with Gasteiger partial charge in [0.25, 0.3) is 5.56 Å². The standard InChI is InChI=1S/C19H20N4O3/c24-17-7-4-8-20-23(17)12-14-10-21(11-14)19(26)15-9-18(25)22(13-15)16-5-2-1-3-6-16/h1-8,14-15H,9-13H2. The van der Waals surface area contributed by atoms with E-state index < -0.39 is 0 Å². The van der Waals surface area contributed by atoms with Crippen molar-refractivity contribution in [3.05, 3.63) is 59.0 Å². The molecule has 0 N–H and O–H groups in total. The minimum Gasteiger partial charge on any atom is -0.342 e. The van der Waals surface area contributed by atoms with Gasteiger partial charge in [-0.2, -0.15) is 5.10 Å². The molecule has 1 aromatic carbocycles. The van der Waals surface area contributed by atoms with Gasteiger partial charge in [-0.15, -0.1) is 0 Å². The summed E-state index contributed by atoms with van der Waals surface area (Å²) in [7, 11) is 0. The highest BCUT2D eigenvalue weighted by atomic mass is 16.2. The van der Waals surface area contributed by atoms with E-state index in [-0.39, 0.29) is 35.6 Å². The number of amides is 2. The second kappa shape index (κ2) is 6.74. The van der Waals surface area contributed by atoms with Crippen LogP contribution in [-0.2, 0) is 16.1 Å². The molecule has 134 valence electrons. The molecule has 2 fully saturated rings. The number of anilines is 1. The molecule has 2 aliphatic rings. The van der Waals surface area contributed by atoms with E-state index in [4.69, 9.17) is 0 Å². The molecular formula is C19H20N4O3.